The molecule has 0 aliphatic carbocycles. The summed E-state index contributed by atoms with van der Waals surface area (Å²) >= 11 is 0. The average Bonchev–Trinajstić information content (AvgIpc) is 2.49. The number of likely N-dealkylation sites (tertiary alicyclic amines) is 1. The summed E-state index contributed by atoms with van der Waals surface area (Å²) in [7, 11) is 0. The summed E-state index contributed by atoms with van der Waals surface area (Å²) in [5.74, 6) is -0.278. The Bertz CT molecular complexity index is 810. The fraction of sp³-hybridized carbons (Fsp3) is 0.444. The van der Waals surface area contributed by atoms with E-state index in [1.807, 2.05) is 13.0 Å². The molecule has 1 saturated heterocycles. The van der Waals surface area contributed by atoms with Crippen LogP contribution in [-0.4, -0.2) is 19.0 Å². The number of amides is 1. The number of rotatable bonds is 3. The number of quaternary nitrogens is 1. The fourth-order valence-corrected chi connectivity index (χ4v) is 3.45. The molecule has 1 aromatic heterocycles. The Balaban J connectivity index is 1.94. The van der Waals surface area contributed by atoms with Gasteiger partial charge in [0.25, 0.3) is 0 Å². The zero-order chi connectivity index (χ0) is 16.6. The van der Waals surface area contributed by atoms with Gasteiger partial charge < -0.3 is 15.1 Å². The molecular formula is C18H23N2O3+. The van der Waals surface area contributed by atoms with Crippen LogP contribution in [-0.2, 0) is 11.3 Å². The van der Waals surface area contributed by atoms with Crippen LogP contribution in [0.3, 0.4) is 0 Å². The number of hydrogen-bond donors (Lipinski definition) is 2. The maximum absolute atomic E-state index is 11.9. The van der Waals surface area contributed by atoms with Crippen LogP contribution in [0.25, 0.3) is 11.0 Å². The van der Waals surface area contributed by atoms with E-state index in [0.717, 1.165) is 42.4 Å². The van der Waals surface area contributed by atoms with Crippen LogP contribution in [0.4, 0.5) is 0 Å². The molecule has 3 N–H and O–H groups in total. The molecule has 23 heavy (non-hydrogen) atoms. The molecule has 2 heterocycles. The minimum Gasteiger partial charge on any atom is -0.423 e. The van der Waals surface area contributed by atoms with Crippen molar-refractivity contribution in [1.29, 1.82) is 0 Å². The monoisotopic (exact) mass is 315 g/mol. The van der Waals surface area contributed by atoms with Gasteiger partial charge in [0.15, 0.2) is 0 Å². The summed E-state index contributed by atoms with van der Waals surface area (Å²) < 4.78 is 5.35. The number of hydrogen-bond acceptors (Lipinski definition) is 3. The quantitative estimate of drug-likeness (QED) is 0.818. The van der Waals surface area contributed by atoms with Crippen LogP contribution >= 0.6 is 0 Å². The number of benzene rings is 1. The van der Waals surface area contributed by atoms with Gasteiger partial charge in [0.1, 0.15) is 12.1 Å². The molecule has 122 valence electrons. The lowest BCUT2D eigenvalue weighted by molar-refractivity contribution is -0.920. The van der Waals surface area contributed by atoms with E-state index in [-0.39, 0.29) is 17.5 Å². The van der Waals surface area contributed by atoms with E-state index in [9.17, 15) is 9.59 Å². The lowest BCUT2D eigenvalue weighted by Crippen LogP contribution is -3.12. The Kier molecular flexibility index (Phi) is 4.22. The molecule has 1 fully saturated rings. The molecule has 2 aromatic rings. The summed E-state index contributed by atoms with van der Waals surface area (Å²) in [4.78, 5) is 24.6. The number of carbonyl (C=O) groups excluding carboxylic acids is 1. The number of nitrogens with one attached hydrogen (secondary N) is 1. The number of nitrogens with two attached hydrogens (primary N) is 1. The maximum Gasteiger partial charge on any atom is 0.336 e. The van der Waals surface area contributed by atoms with E-state index >= 15 is 0 Å². The van der Waals surface area contributed by atoms with Crippen molar-refractivity contribution >= 4 is 16.9 Å². The third-order valence-corrected chi connectivity index (χ3v) is 4.91. The van der Waals surface area contributed by atoms with Gasteiger partial charge in [-0.3, -0.25) is 4.79 Å². The third-order valence-electron chi connectivity index (χ3n) is 4.91. The van der Waals surface area contributed by atoms with Crippen molar-refractivity contribution in [3.8, 4) is 0 Å². The predicted molar refractivity (Wildman–Crippen MR) is 88.3 cm³/mol. The van der Waals surface area contributed by atoms with Crippen LogP contribution in [0, 0.1) is 19.8 Å². The molecule has 2 atom stereocenters. The maximum atomic E-state index is 11.9. The lowest BCUT2D eigenvalue weighted by Gasteiger charge is -2.28. The summed E-state index contributed by atoms with van der Waals surface area (Å²) in [6.45, 7) is 6.52. The molecular weight excluding hydrogens is 292 g/mol. The minimum atomic E-state index is -0.321. The first-order valence-corrected chi connectivity index (χ1v) is 8.11. The molecule has 1 aromatic carbocycles. The largest absolute Gasteiger partial charge is 0.423 e. The predicted octanol–water partition coefficient (Wildman–Crippen LogP) is 0.690. The molecule has 0 bridgehead atoms. The molecule has 1 amide bonds. The van der Waals surface area contributed by atoms with Crippen molar-refractivity contribution in [3.05, 3.63) is 45.3 Å². The van der Waals surface area contributed by atoms with Crippen LogP contribution in [0.15, 0.2) is 27.4 Å². The molecule has 3 rings (SSSR count). The van der Waals surface area contributed by atoms with E-state index < -0.39 is 0 Å². The number of piperidine rings is 1. The van der Waals surface area contributed by atoms with Gasteiger partial charge in [-0.25, -0.2) is 4.79 Å². The Morgan fingerprint density at radius 3 is 2.78 bits per heavy atom. The van der Waals surface area contributed by atoms with E-state index in [1.54, 1.807) is 6.07 Å². The Morgan fingerprint density at radius 2 is 2.04 bits per heavy atom. The van der Waals surface area contributed by atoms with Crippen molar-refractivity contribution in [2.75, 3.05) is 13.1 Å². The van der Waals surface area contributed by atoms with Crippen molar-refractivity contribution in [2.24, 2.45) is 11.7 Å². The second-order valence-corrected chi connectivity index (χ2v) is 6.65. The molecule has 0 radical (unpaired) electrons. The van der Waals surface area contributed by atoms with Gasteiger partial charge in [-0.1, -0.05) is 0 Å². The molecule has 5 nitrogen and oxygen atoms in total. The Labute approximate surface area is 135 Å². The number of aryl methyl sites for hydroxylation is 2. The Morgan fingerprint density at radius 1 is 1.30 bits per heavy atom. The second kappa shape index (κ2) is 6.16. The van der Waals surface area contributed by atoms with Crippen molar-refractivity contribution in [1.82, 2.24) is 0 Å². The van der Waals surface area contributed by atoms with Gasteiger partial charge in [-0.2, -0.15) is 0 Å². The van der Waals surface area contributed by atoms with Crippen LogP contribution in [0.2, 0.25) is 0 Å². The van der Waals surface area contributed by atoms with E-state index in [1.165, 1.54) is 10.5 Å². The first-order valence-electron chi connectivity index (χ1n) is 8.11. The molecule has 5 heteroatoms. The van der Waals surface area contributed by atoms with E-state index in [4.69, 9.17) is 10.2 Å². The highest BCUT2D eigenvalue weighted by molar-refractivity contribution is 5.81. The van der Waals surface area contributed by atoms with E-state index in [0.29, 0.717) is 12.1 Å². The highest BCUT2D eigenvalue weighted by Gasteiger charge is 2.27. The van der Waals surface area contributed by atoms with Gasteiger partial charge in [0.2, 0.25) is 5.91 Å². The average molecular weight is 315 g/mol. The summed E-state index contributed by atoms with van der Waals surface area (Å²) in [5.41, 5.74) is 9.04. The second-order valence-electron chi connectivity index (χ2n) is 6.65. The van der Waals surface area contributed by atoms with Gasteiger partial charge in [0.05, 0.1) is 19.0 Å². The van der Waals surface area contributed by atoms with Crippen LogP contribution < -0.4 is 16.3 Å². The van der Waals surface area contributed by atoms with Crippen LogP contribution in [0.5, 0.6) is 0 Å². The van der Waals surface area contributed by atoms with Gasteiger partial charge in [-0.05, 0) is 49.9 Å². The zero-order valence-electron chi connectivity index (χ0n) is 13.6. The molecule has 0 spiro atoms. The summed E-state index contributed by atoms with van der Waals surface area (Å²) in [6, 6.07) is 5.59. The van der Waals surface area contributed by atoms with Crippen molar-refractivity contribution in [2.45, 2.75) is 33.2 Å². The molecule has 1 unspecified atom stereocenters. The topological polar surface area (TPSA) is 77.7 Å². The highest BCUT2D eigenvalue weighted by Crippen LogP contribution is 2.21. The molecule has 1 aliphatic rings. The standard InChI is InChI=1S/C18H22N2O3/c1-11-6-15-14(8-17(21)23-16(15)7-12(11)2)10-20-5-3-4-13(9-20)18(19)22/h6-8,13H,3-5,9-10H2,1-2H3,(H2,19,22)/p+1/t13-/m1/s1. The number of fused-ring (bicyclic) bond motifs is 1. The lowest BCUT2D eigenvalue weighted by atomic mass is 9.96. The first kappa shape index (κ1) is 15.7. The van der Waals surface area contributed by atoms with E-state index in [2.05, 4.69) is 13.0 Å². The number of primary amides is 1. The Hall–Kier alpha value is -2.14. The van der Waals surface area contributed by atoms with Gasteiger partial charge in [0, 0.05) is 17.0 Å². The van der Waals surface area contributed by atoms with Gasteiger partial charge in [-0.15, -0.1) is 0 Å². The molecule has 0 saturated carbocycles. The SMILES string of the molecule is Cc1cc2oc(=O)cc(C[NH+]3CCC[C@@H](C(N)=O)C3)c2cc1C. The van der Waals surface area contributed by atoms with Crippen molar-refractivity contribution < 1.29 is 14.1 Å². The summed E-state index contributed by atoms with van der Waals surface area (Å²) in [5, 5.41) is 0.987. The summed E-state index contributed by atoms with van der Waals surface area (Å²) in [6.07, 6.45) is 1.86. The first-order chi connectivity index (χ1) is 10.9. The highest BCUT2D eigenvalue weighted by atomic mass is 16.4. The van der Waals surface area contributed by atoms with Crippen molar-refractivity contribution in [3.63, 3.8) is 0 Å². The number of carbonyl (C=O) groups is 1. The molecule has 1 aliphatic heterocycles. The smallest absolute Gasteiger partial charge is 0.336 e. The zero-order valence-corrected chi connectivity index (χ0v) is 13.6. The normalized spacial score (nSPS) is 21.5. The third kappa shape index (κ3) is 3.29. The van der Waals surface area contributed by atoms with Gasteiger partial charge >= 0.3 is 5.63 Å². The minimum absolute atomic E-state index is 0.0610. The van der Waals surface area contributed by atoms with Crippen LogP contribution in [0.1, 0.15) is 29.5 Å². The fourth-order valence-electron chi connectivity index (χ4n) is 3.45.